The molecule has 0 aromatic carbocycles. The predicted molar refractivity (Wildman–Crippen MR) is 62.5 cm³/mol. The van der Waals surface area contributed by atoms with Gasteiger partial charge in [-0.15, -0.1) is 0 Å². The van der Waals surface area contributed by atoms with Crippen LogP contribution >= 0.6 is 0 Å². The van der Waals surface area contributed by atoms with Crippen LogP contribution in [0.25, 0.3) is 0 Å². The number of hydrogen-bond donors (Lipinski definition) is 1. The van der Waals surface area contributed by atoms with Gasteiger partial charge in [0, 0.05) is 25.2 Å². The van der Waals surface area contributed by atoms with Gasteiger partial charge in [0.1, 0.15) is 0 Å². The predicted octanol–water partition coefficient (Wildman–Crippen LogP) is 1.96. The zero-order valence-electron chi connectivity index (χ0n) is 10.4. The van der Waals surface area contributed by atoms with Crippen LogP contribution in [-0.4, -0.2) is 37.1 Å². The first-order chi connectivity index (χ1) is 6.45. The number of piperidine rings is 1. The maximum Gasteiger partial charge on any atom is 0.0277 e. The first-order valence-corrected chi connectivity index (χ1v) is 5.85. The summed E-state index contributed by atoms with van der Waals surface area (Å²) in [6.45, 7) is 13.0. The van der Waals surface area contributed by atoms with Gasteiger partial charge >= 0.3 is 0 Å². The van der Waals surface area contributed by atoms with Crippen LogP contribution in [-0.2, 0) is 0 Å². The van der Waals surface area contributed by atoms with E-state index >= 15 is 0 Å². The molecule has 84 valence electrons. The molecule has 1 aliphatic rings. The van der Waals surface area contributed by atoms with Gasteiger partial charge in [-0.1, -0.05) is 13.8 Å². The highest BCUT2D eigenvalue weighted by Crippen LogP contribution is 2.26. The molecule has 1 rings (SSSR count). The van der Waals surface area contributed by atoms with Crippen LogP contribution in [0.1, 0.15) is 34.1 Å². The third-order valence-electron chi connectivity index (χ3n) is 3.33. The molecule has 2 unspecified atom stereocenters. The lowest BCUT2D eigenvalue weighted by Crippen LogP contribution is -2.55. The fraction of sp³-hybridized carbons (Fsp3) is 1.00. The Morgan fingerprint density at radius 2 is 1.71 bits per heavy atom. The lowest BCUT2D eigenvalue weighted by Gasteiger charge is -2.45. The fourth-order valence-corrected chi connectivity index (χ4v) is 2.70. The van der Waals surface area contributed by atoms with E-state index in [0.29, 0.717) is 5.54 Å². The first kappa shape index (κ1) is 12.0. The van der Waals surface area contributed by atoms with Crippen molar-refractivity contribution in [2.24, 2.45) is 11.8 Å². The maximum atomic E-state index is 3.29. The topological polar surface area (TPSA) is 15.3 Å². The normalized spacial score (nSPS) is 30.6. The van der Waals surface area contributed by atoms with Gasteiger partial charge in [-0.25, -0.2) is 0 Å². The van der Waals surface area contributed by atoms with Crippen LogP contribution < -0.4 is 5.32 Å². The van der Waals surface area contributed by atoms with Crippen LogP contribution in [0.5, 0.6) is 0 Å². The smallest absolute Gasteiger partial charge is 0.0277 e. The van der Waals surface area contributed by atoms with Crippen LogP contribution in [0.4, 0.5) is 0 Å². The Hall–Kier alpha value is -0.0800. The molecule has 0 aromatic rings. The van der Waals surface area contributed by atoms with Crippen molar-refractivity contribution in [3.8, 4) is 0 Å². The van der Waals surface area contributed by atoms with Crippen molar-refractivity contribution in [2.45, 2.75) is 39.7 Å². The SMILES string of the molecule is CNCC(C)(C)N1CC(C)CC(C)C1. The molecule has 0 radical (unpaired) electrons. The number of hydrogen-bond acceptors (Lipinski definition) is 2. The van der Waals surface area contributed by atoms with Gasteiger partial charge < -0.3 is 5.32 Å². The molecule has 1 aliphatic heterocycles. The highest BCUT2D eigenvalue weighted by Gasteiger charge is 2.31. The van der Waals surface area contributed by atoms with Gasteiger partial charge in [0.2, 0.25) is 0 Å². The summed E-state index contributed by atoms with van der Waals surface area (Å²) < 4.78 is 0. The number of nitrogens with zero attached hydrogens (tertiary/aromatic N) is 1. The molecule has 2 nitrogen and oxygen atoms in total. The van der Waals surface area contributed by atoms with Gasteiger partial charge in [0.05, 0.1) is 0 Å². The Morgan fingerprint density at radius 1 is 1.21 bits per heavy atom. The molecule has 1 saturated heterocycles. The van der Waals surface area contributed by atoms with Gasteiger partial charge in [0.15, 0.2) is 0 Å². The lowest BCUT2D eigenvalue weighted by molar-refractivity contribution is 0.0470. The molecule has 0 saturated carbocycles. The Balaban J connectivity index is 2.57. The van der Waals surface area contributed by atoms with E-state index < -0.39 is 0 Å². The average molecular weight is 198 g/mol. The largest absolute Gasteiger partial charge is 0.318 e. The third kappa shape index (κ3) is 2.96. The molecular formula is C12H26N2. The summed E-state index contributed by atoms with van der Waals surface area (Å²) in [5.74, 6) is 1.71. The van der Waals surface area contributed by atoms with Crippen molar-refractivity contribution in [3.63, 3.8) is 0 Å². The molecule has 1 N–H and O–H groups in total. The second kappa shape index (κ2) is 4.63. The molecular weight excluding hydrogens is 172 g/mol. The minimum Gasteiger partial charge on any atom is -0.318 e. The molecule has 2 atom stereocenters. The van der Waals surface area contributed by atoms with Crippen molar-refractivity contribution in [1.29, 1.82) is 0 Å². The second-order valence-corrected chi connectivity index (χ2v) is 5.69. The number of rotatable bonds is 3. The molecule has 2 heteroatoms. The zero-order valence-corrected chi connectivity index (χ0v) is 10.4. The van der Waals surface area contributed by atoms with Gasteiger partial charge in [-0.2, -0.15) is 0 Å². The van der Waals surface area contributed by atoms with Crippen molar-refractivity contribution in [3.05, 3.63) is 0 Å². The van der Waals surface area contributed by atoms with Gasteiger partial charge in [-0.3, -0.25) is 4.90 Å². The van der Waals surface area contributed by atoms with E-state index in [1.54, 1.807) is 0 Å². The Kier molecular flexibility index (Phi) is 3.96. The molecule has 0 aromatic heterocycles. The van der Waals surface area contributed by atoms with Crippen LogP contribution in [0, 0.1) is 11.8 Å². The van der Waals surface area contributed by atoms with Crippen molar-refractivity contribution >= 4 is 0 Å². The number of likely N-dealkylation sites (N-methyl/N-ethyl adjacent to an activating group) is 1. The van der Waals surface area contributed by atoms with Crippen molar-refractivity contribution in [1.82, 2.24) is 10.2 Å². The Morgan fingerprint density at radius 3 is 2.14 bits per heavy atom. The van der Waals surface area contributed by atoms with Gasteiger partial charge in [0.25, 0.3) is 0 Å². The van der Waals surface area contributed by atoms with Crippen LogP contribution in [0.15, 0.2) is 0 Å². The molecule has 14 heavy (non-hydrogen) atoms. The minimum atomic E-state index is 0.303. The molecule has 0 bridgehead atoms. The highest BCUT2D eigenvalue weighted by molar-refractivity contribution is 4.88. The van der Waals surface area contributed by atoms with E-state index in [1.807, 2.05) is 7.05 Å². The summed E-state index contributed by atoms with van der Waals surface area (Å²) in [4.78, 5) is 2.64. The highest BCUT2D eigenvalue weighted by atomic mass is 15.2. The molecule has 0 aliphatic carbocycles. The van der Waals surface area contributed by atoms with E-state index in [2.05, 4.69) is 37.9 Å². The summed E-state index contributed by atoms with van der Waals surface area (Å²) in [6, 6.07) is 0. The molecule has 0 amide bonds. The van der Waals surface area contributed by atoms with Crippen molar-refractivity contribution in [2.75, 3.05) is 26.7 Å². The fourth-order valence-electron chi connectivity index (χ4n) is 2.70. The molecule has 1 heterocycles. The molecule has 1 fully saturated rings. The van der Waals surface area contributed by atoms with E-state index in [0.717, 1.165) is 18.4 Å². The first-order valence-electron chi connectivity index (χ1n) is 5.85. The zero-order chi connectivity index (χ0) is 10.8. The minimum absolute atomic E-state index is 0.303. The summed E-state index contributed by atoms with van der Waals surface area (Å²) in [6.07, 6.45) is 1.39. The van der Waals surface area contributed by atoms with Crippen molar-refractivity contribution < 1.29 is 0 Å². The summed E-state index contributed by atoms with van der Waals surface area (Å²) in [5, 5.41) is 3.29. The van der Waals surface area contributed by atoms with E-state index in [1.165, 1.54) is 19.5 Å². The quantitative estimate of drug-likeness (QED) is 0.746. The summed E-state index contributed by atoms with van der Waals surface area (Å²) >= 11 is 0. The maximum absolute atomic E-state index is 3.29. The lowest BCUT2D eigenvalue weighted by atomic mass is 9.88. The van der Waals surface area contributed by atoms with Gasteiger partial charge in [-0.05, 0) is 39.2 Å². The van der Waals surface area contributed by atoms with E-state index in [-0.39, 0.29) is 0 Å². The summed E-state index contributed by atoms with van der Waals surface area (Å²) in [5.41, 5.74) is 0.303. The Bertz CT molecular complexity index is 167. The third-order valence-corrected chi connectivity index (χ3v) is 3.33. The van der Waals surface area contributed by atoms with Crippen LogP contribution in [0.2, 0.25) is 0 Å². The molecule has 0 spiro atoms. The summed E-state index contributed by atoms with van der Waals surface area (Å²) in [7, 11) is 2.04. The number of likely N-dealkylation sites (tertiary alicyclic amines) is 1. The van der Waals surface area contributed by atoms with E-state index in [4.69, 9.17) is 0 Å². The monoisotopic (exact) mass is 198 g/mol. The van der Waals surface area contributed by atoms with Crippen LogP contribution in [0.3, 0.4) is 0 Å². The van der Waals surface area contributed by atoms with E-state index in [9.17, 15) is 0 Å². The number of nitrogens with one attached hydrogen (secondary N) is 1. The Labute approximate surface area is 89.1 Å². The average Bonchev–Trinajstić information content (AvgIpc) is 2.02. The second-order valence-electron chi connectivity index (χ2n) is 5.69. The standard InChI is InChI=1S/C12H26N2/c1-10-6-11(2)8-14(7-10)12(3,4)9-13-5/h10-11,13H,6-9H2,1-5H3.